The number of allylic oxidation sites excluding steroid dienone is 1. The van der Waals surface area contributed by atoms with Crippen LogP contribution in [0.2, 0.25) is 0 Å². The van der Waals surface area contributed by atoms with Crippen molar-refractivity contribution in [3.05, 3.63) is 59.7 Å². The van der Waals surface area contributed by atoms with Crippen molar-refractivity contribution in [3.63, 3.8) is 0 Å². The smallest absolute Gasteiger partial charge is 0.161 e. The van der Waals surface area contributed by atoms with Gasteiger partial charge >= 0.3 is 0 Å². The van der Waals surface area contributed by atoms with Crippen molar-refractivity contribution in [1.29, 1.82) is 0 Å². The van der Waals surface area contributed by atoms with Gasteiger partial charge in [0.25, 0.3) is 0 Å². The van der Waals surface area contributed by atoms with Crippen LogP contribution in [0.1, 0.15) is 30.9 Å². The van der Waals surface area contributed by atoms with Crippen LogP contribution < -0.4 is 0 Å². The molecule has 0 saturated heterocycles. The summed E-state index contributed by atoms with van der Waals surface area (Å²) in [5, 5.41) is 12.6. The molecule has 2 heteroatoms. The van der Waals surface area contributed by atoms with E-state index >= 15 is 0 Å². The van der Waals surface area contributed by atoms with Gasteiger partial charge in [0.1, 0.15) is 6.10 Å². The fraction of sp³-hybridized carbons (Fsp3) is 0.235. The van der Waals surface area contributed by atoms with E-state index in [9.17, 15) is 9.90 Å². The number of rotatable bonds is 2. The summed E-state index contributed by atoms with van der Waals surface area (Å²) in [5.41, 5.74) is 1.35. The molecule has 0 radical (unpaired) electrons. The second-order valence-corrected chi connectivity index (χ2v) is 4.98. The fourth-order valence-electron chi connectivity index (χ4n) is 2.60. The largest absolute Gasteiger partial charge is 0.384 e. The van der Waals surface area contributed by atoms with Crippen molar-refractivity contribution < 1.29 is 9.90 Å². The molecule has 0 amide bonds. The lowest BCUT2D eigenvalue weighted by atomic mass is 9.90. The van der Waals surface area contributed by atoms with Crippen LogP contribution in [-0.2, 0) is 4.79 Å². The number of Topliss-reactive ketones (excluding diaryl/α,β-unsaturated/α-hetero) is 1. The molecule has 1 atom stereocenters. The molecular formula is C17H16O2. The number of aliphatic hydroxyl groups is 1. The third kappa shape index (κ3) is 2.32. The summed E-state index contributed by atoms with van der Waals surface area (Å²) in [7, 11) is 0. The average Bonchev–Trinajstić information content (AvgIpc) is 2.46. The Morgan fingerprint density at radius 1 is 1.05 bits per heavy atom. The fourth-order valence-corrected chi connectivity index (χ4v) is 2.60. The number of aliphatic hydroxyl groups excluding tert-OH is 1. The van der Waals surface area contributed by atoms with E-state index < -0.39 is 6.10 Å². The number of benzene rings is 2. The quantitative estimate of drug-likeness (QED) is 0.887. The molecular weight excluding hydrogens is 236 g/mol. The molecule has 0 aromatic heterocycles. The first-order valence-corrected chi connectivity index (χ1v) is 6.66. The maximum absolute atomic E-state index is 11.8. The molecule has 19 heavy (non-hydrogen) atoms. The number of carbonyl (C=O) groups is 1. The Morgan fingerprint density at radius 3 is 2.63 bits per heavy atom. The molecule has 0 bridgehead atoms. The zero-order valence-electron chi connectivity index (χ0n) is 10.7. The number of carbonyl (C=O) groups excluding carboxylic acids is 1. The van der Waals surface area contributed by atoms with Gasteiger partial charge in [0.2, 0.25) is 0 Å². The third-order valence-electron chi connectivity index (χ3n) is 3.68. The van der Waals surface area contributed by atoms with Gasteiger partial charge in [0.05, 0.1) is 0 Å². The van der Waals surface area contributed by atoms with Gasteiger partial charge in [-0.05, 0) is 35.2 Å². The molecule has 3 rings (SSSR count). The van der Waals surface area contributed by atoms with Crippen molar-refractivity contribution >= 4 is 16.6 Å². The maximum atomic E-state index is 11.8. The maximum Gasteiger partial charge on any atom is 0.161 e. The second-order valence-electron chi connectivity index (χ2n) is 4.98. The molecule has 2 nitrogen and oxygen atoms in total. The van der Waals surface area contributed by atoms with E-state index in [2.05, 4.69) is 0 Å². The Hall–Kier alpha value is -1.93. The molecule has 0 aliphatic heterocycles. The summed E-state index contributed by atoms with van der Waals surface area (Å²) in [6.45, 7) is 0. The van der Waals surface area contributed by atoms with E-state index in [1.54, 1.807) is 0 Å². The summed E-state index contributed by atoms with van der Waals surface area (Å²) < 4.78 is 0. The average molecular weight is 252 g/mol. The van der Waals surface area contributed by atoms with E-state index in [1.165, 1.54) is 0 Å². The first kappa shape index (κ1) is 12.1. The minimum atomic E-state index is -0.794. The van der Waals surface area contributed by atoms with Crippen molar-refractivity contribution in [2.45, 2.75) is 25.4 Å². The van der Waals surface area contributed by atoms with E-state index in [0.717, 1.165) is 29.2 Å². The molecule has 1 aliphatic rings. The lowest BCUT2D eigenvalue weighted by Crippen LogP contribution is -2.14. The highest BCUT2D eigenvalue weighted by Gasteiger charge is 2.22. The van der Waals surface area contributed by atoms with Gasteiger partial charge in [0.15, 0.2) is 5.78 Å². The molecule has 2 aromatic carbocycles. The van der Waals surface area contributed by atoms with Crippen molar-refractivity contribution in [2.24, 2.45) is 0 Å². The normalized spacial score (nSPS) is 17.3. The topological polar surface area (TPSA) is 37.3 Å². The van der Waals surface area contributed by atoms with Gasteiger partial charge < -0.3 is 5.11 Å². The highest BCUT2D eigenvalue weighted by molar-refractivity contribution is 5.97. The number of fused-ring (bicyclic) bond motifs is 1. The van der Waals surface area contributed by atoms with Crippen molar-refractivity contribution in [3.8, 4) is 0 Å². The number of ketones is 1. The second kappa shape index (κ2) is 4.98. The zero-order valence-corrected chi connectivity index (χ0v) is 10.7. The third-order valence-corrected chi connectivity index (χ3v) is 3.68. The number of hydrogen-bond donors (Lipinski definition) is 1. The minimum absolute atomic E-state index is 0.0758. The van der Waals surface area contributed by atoms with E-state index in [0.29, 0.717) is 12.0 Å². The predicted molar refractivity (Wildman–Crippen MR) is 75.8 cm³/mol. The highest BCUT2D eigenvalue weighted by atomic mass is 16.3. The molecule has 1 N–H and O–H groups in total. The van der Waals surface area contributed by atoms with Gasteiger partial charge in [-0.25, -0.2) is 0 Å². The Kier molecular flexibility index (Phi) is 3.18. The lowest BCUT2D eigenvalue weighted by molar-refractivity contribution is -0.117. The van der Waals surface area contributed by atoms with Crippen LogP contribution in [0.3, 0.4) is 0 Å². The van der Waals surface area contributed by atoms with Crippen molar-refractivity contribution in [2.75, 3.05) is 0 Å². The minimum Gasteiger partial charge on any atom is -0.384 e. The summed E-state index contributed by atoms with van der Waals surface area (Å²) in [6.07, 6.45) is 3.41. The van der Waals surface area contributed by atoms with Crippen LogP contribution in [0.25, 0.3) is 10.8 Å². The lowest BCUT2D eigenvalue weighted by Gasteiger charge is -2.18. The molecule has 0 fully saturated rings. The molecule has 0 unspecified atom stereocenters. The molecule has 0 spiro atoms. The zero-order chi connectivity index (χ0) is 13.2. The van der Waals surface area contributed by atoms with Crippen LogP contribution in [0, 0.1) is 0 Å². The standard InChI is InChI=1S/C17H16O2/c18-16-8-4-3-7-15(16)17(19)14-10-9-12-5-1-2-6-13(12)11-14/h1-2,5-7,9-11,17,19H,3-4,8H2/t17-/m0/s1. The summed E-state index contributed by atoms with van der Waals surface area (Å²) >= 11 is 0. The molecule has 0 heterocycles. The van der Waals surface area contributed by atoms with Crippen LogP contribution in [-0.4, -0.2) is 10.9 Å². The number of hydrogen-bond acceptors (Lipinski definition) is 2. The SMILES string of the molecule is O=C1CCCC=C1[C@@H](O)c1ccc2ccccc2c1. The van der Waals surface area contributed by atoms with Gasteiger partial charge in [-0.3, -0.25) is 4.79 Å². The van der Waals surface area contributed by atoms with Gasteiger partial charge in [-0.1, -0.05) is 42.5 Å². The van der Waals surface area contributed by atoms with Crippen LogP contribution in [0.5, 0.6) is 0 Å². The van der Waals surface area contributed by atoms with E-state index in [1.807, 2.05) is 48.5 Å². The Balaban J connectivity index is 1.99. The molecule has 96 valence electrons. The monoisotopic (exact) mass is 252 g/mol. The van der Waals surface area contributed by atoms with E-state index in [-0.39, 0.29) is 5.78 Å². The Morgan fingerprint density at radius 2 is 1.84 bits per heavy atom. The van der Waals surface area contributed by atoms with E-state index in [4.69, 9.17) is 0 Å². The Bertz CT molecular complexity index is 655. The van der Waals surface area contributed by atoms with Crippen molar-refractivity contribution in [1.82, 2.24) is 0 Å². The predicted octanol–water partition coefficient (Wildman–Crippen LogP) is 3.55. The highest BCUT2D eigenvalue weighted by Crippen LogP contribution is 2.29. The molecule has 0 saturated carbocycles. The molecule has 2 aromatic rings. The molecule has 1 aliphatic carbocycles. The summed E-state index contributed by atoms with van der Waals surface area (Å²) in [4.78, 5) is 11.8. The summed E-state index contributed by atoms with van der Waals surface area (Å²) in [6, 6.07) is 13.9. The summed E-state index contributed by atoms with van der Waals surface area (Å²) in [5.74, 6) is 0.0758. The first-order valence-electron chi connectivity index (χ1n) is 6.66. The van der Waals surface area contributed by atoms with Gasteiger partial charge in [0, 0.05) is 12.0 Å². The van der Waals surface area contributed by atoms with Crippen LogP contribution >= 0.6 is 0 Å². The first-order chi connectivity index (χ1) is 9.25. The Labute approximate surface area is 112 Å². The van der Waals surface area contributed by atoms with Gasteiger partial charge in [-0.15, -0.1) is 0 Å². The van der Waals surface area contributed by atoms with Gasteiger partial charge in [-0.2, -0.15) is 0 Å². The van der Waals surface area contributed by atoms with Crippen LogP contribution in [0.15, 0.2) is 54.1 Å². The van der Waals surface area contributed by atoms with Crippen LogP contribution in [0.4, 0.5) is 0 Å².